The molecule has 2 bridgehead atoms. The Balaban J connectivity index is 0.000000396. The Bertz CT molecular complexity index is 124. The van der Waals surface area contributed by atoms with Crippen molar-refractivity contribution >= 4 is 11.8 Å². The molecule has 13 heavy (non-hydrogen) atoms. The molecule has 0 radical (unpaired) electrons. The predicted molar refractivity (Wildman–Crippen MR) is 62.5 cm³/mol. The van der Waals surface area contributed by atoms with Gasteiger partial charge in [-0.15, -0.1) is 0 Å². The van der Waals surface area contributed by atoms with Gasteiger partial charge in [-0.2, -0.15) is 11.8 Å². The lowest BCUT2D eigenvalue weighted by atomic mass is 9.94. The molecule has 78 valence electrons. The van der Waals surface area contributed by atoms with Crippen molar-refractivity contribution in [2.45, 2.75) is 52.1 Å². The van der Waals surface area contributed by atoms with E-state index < -0.39 is 0 Å². The molecule has 0 aromatic heterocycles. The van der Waals surface area contributed by atoms with Gasteiger partial charge in [0.05, 0.1) is 0 Å². The molecule has 3 aliphatic heterocycles. The zero-order valence-electron chi connectivity index (χ0n) is 9.25. The average Bonchev–Trinajstić information content (AvgIpc) is 2.22. The lowest BCUT2D eigenvalue weighted by Crippen LogP contribution is -2.61. The summed E-state index contributed by atoms with van der Waals surface area (Å²) in [4.78, 5) is 2.72. The lowest BCUT2D eigenvalue weighted by molar-refractivity contribution is 0.0361. The second-order valence-corrected chi connectivity index (χ2v) is 4.75. The predicted octanol–water partition coefficient (Wildman–Crippen LogP) is 3.00. The topological polar surface area (TPSA) is 3.24 Å². The largest absolute Gasteiger partial charge is 0.296 e. The molecule has 0 aliphatic carbocycles. The van der Waals surface area contributed by atoms with E-state index in [1.54, 1.807) is 0 Å². The van der Waals surface area contributed by atoms with Gasteiger partial charge in [0.2, 0.25) is 0 Å². The van der Waals surface area contributed by atoms with E-state index in [1.165, 1.54) is 37.3 Å². The van der Waals surface area contributed by atoms with Crippen LogP contribution in [0.15, 0.2) is 0 Å². The third-order valence-corrected chi connectivity index (χ3v) is 4.11. The molecule has 3 rings (SSSR count). The number of rotatable bonds is 3. The van der Waals surface area contributed by atoms with E-state index in [-0.39, 0.29) is 0 Å². The third kappa shape index (κ3) is 2.63. The smallest absolute Gasteiger partial charge is 0.0204 e. The highest BCUT2D eigenvalue weighted by molar-refractivity contribution is 7.99. The van der Waals surface area contributed by atoms with E-state index in [0.29, 0.717) is 0 Å². The first kappa shape index (κ1) is 11.4. The Morgan fingerprint density at radius 3 is 2.31 bits per heavy atom. The maximum absolute atomic E-state index is 2.72. The van der Waals surface area contributed by atoms with Gasteiger partial charge in [0, 0.05) is 23.6 Å². The SMILES string of the molecule is CC.CCCCN1C2CSCC1C2. The molecule has 2 unspecified atom stereocenters. The highest BCUT2D eigenvalue weighted by Crippen LogP contribution is 2.36. The molecule has 3 aliphatic rings. The number of nitrogens with zero attached hydrogens (tertiary/aromatic N) is 1. The first-order valence-corrected chi connectivity index (χ1v) is 6.90. The number of thioether (sulfide) groups is 1. The number of fused-ring (bicyclic) bond motifs is 2. The fraction of sp³-hybridized carbons (Fsp3) is 1.00. The van der Waals surface area contributed by atoms with E-state index in [1.807, 2.05) is 13.8 Å². The van der Waals surface area contributed by atoms with Gasteiger partial charge < -0.3 is 0 Å². The molecule has 1 nitrogen and oxygen atoms in total. The van der Waals surface area contributed by atoms with Gasteiger partial charge in [-0.05, 0) is 19.4 Å². The molecule has 0 aromatic rings. The Morgan fingerprint density at radius 1 is 1.23 bits per heavy atom. The van der Waals surface area contributed by atoms with Crippen LogP contribution in [-0.2, 0) is 0 Å². The van der Waals surface area contributed by atoms with Gasteiger partial charge in [-0.1, -0.05) is 27.2 Å². The van der Waals surface area contributed by atoms with Crippen molar-refractivity contribution in [3.05, 3.63) is 0 Å². The normalized spacial score (nSPS) is 31.6. The maximum atomic E-state index is 2.72. The summed E-state index contributed by atoms with van der Waals surface area (Å²) in [5, 5.41) is 0. The summed E-state index contributed by atoms with van der Waals surface area (Å²) in [6.45, 7) is 7.65. The molecule has 3 heterocycles. The van der Waals surface area contributed by atoms with Crippen molar-refractivity contribution in [2.24, 2.45) is 0 Å². The van der Waals surface area contributed by atoms with Crippen LogP contribution in [0.3, 0.4) is 0 Å². The van der Waals surface area contributed by atoms with Crippen LogP contribution in [0, 0.1) is 0 Å². The van der Waals surface area contributed by atoms with Crippen LogP contribution < -0.4 is 0 Å². The van der Waals surface area contributed by atoms with E-state index in [4.69, 9.17) is 0 Å². The van der Waals surface area contributed by atoms with Gasteiger partial charge in [0.1, 0.15) is 0 Å². The minimum Gasteiger partial charge on any atom is -0.296 e. The fourth-order valence-corrected chi connectivity index (χ4v) is 3.45. The second kappa shape index (κ2) is 5.92. The van der Waals surface area contributed by atoms with Crippen LogP contribution in [0.4, 0.5) is 0 Å². The molecule has 2 atom stereocenters. The van der Waals surface area contributed by atoms with E-state index in [9.17, 15) is 0 Å². The summed E-state index contributed by atoms with van der Waals surface area (Å²) in [6, 6.07) is 1.93. The van der Waals surface area contributed by atoms with E-state index in [0.717, 1.165) is 12.1 Å². The number of hydrogen-bond donors (Lipinski definition) is 0. The summed E-state index contributed by atoms with van der Waals surface area (Å²) in [6.07, 6.45) is 4.25. The molecular formula is C11H23NS. The van der Waals surface area contributed by atoms with E-state index >= 15 is 0 Å². The summed E-state index contributed by atoms with van der Waals surface area (Å²) in [5.74, 6) is 2.81. The zero-order chi connectivity index (χ0) is 9.68. The lowest BCUT2D eigenvalue weighted by Gasteiger charge is -2.52. The number of hydrogen-bond acceptors (Lipinski definition) is 2. The molecule has 0 N–H and O–H groups in total. The monoisotopic (exact) mass is 201 g/mol. The number of unbranched alkanes of at least 4 members (excludes halogenated alkanes) is 1. The van der Waals surface area contributed by atoms with Gasteiger partial charge in [0.15, 0.2) is 0 Å². The van der Waals surface area contributed by atoms with Crippen molar-refractivity contribution in [1.29, 1.82) is 0 Å². The van der Waals surface area contributed by atoms with Crippen molar-refractivity contribution in [1.82, 2.24) is 4.90 Å². The van der Waals surface area contributed by atoms with Crippen LogP contribution in [0.5, 0.6) is 0 Å². The molecule has 0 spiro atoms. The summed E-state index contributed by atoms with van der Waals surface area (Å²) >= 11 is 2.15. The Hall–Kier alpha value is 0.310. The minimum absolute atomic E-state index is 0.963. The zero-order valence-corrected chi connectivity index (χ0v) is 10.1. The highest BCUT2D eigenvalue weighted by Gasteiger charge is 2.40. The summed E-state index contributed by atoms with van der Waals surface area (Å²) in [7, 11) is 0. The second-order valence-electron chi connectivity index (χ2n) is 3.67. The Labute approximate surface area is 87.3 Å². The minimum atomic E-state index is 0.963. The van der Waals surface area contributed by atoms with Crippen LogP contribution in [-0.4, -0.2) is 35.0 Å². The maximum Gasteiger partial charge on any atom is 0.0204 e. The van der Waals surface area contributed by atoms with Gasteiger partial charge in [-0.25, -0.2) is 0 Å². The Morgan fingerprint density at radius 2 is 1.85 bits per heavy atom. The average molecular weight is 201 g/mol. The molecular weight excluding hydrogens is 178 g/mol. The highest BCUT2D eigenvalue weighted by atomic mass is 32.2. The molecule has 0 amide bonds. The molecule has 3 saturated heterocycles. The summed E-state index contributed by atoms with van der Waals surface area (Å²) in [5.41, 5.74) is 0. The van der Waals surface area contributed by atoms with Crippen LogP contribution in [0.25, 0.3) is 0 Å². The van der Waals surface area contributed by atoms with Crippen LogP contribution in [0.2, 0.25) is 0 Å². The van der Waals surface area contributed by atoms with Gasteiger partial charge in [0.25, 0.3) is 0 Å². The van der Waals surface area contributed by atoms with Crippen molar-refractivity contribution in [2.75, 3.05) is 18.1 Å². The van der Waals surface area contributed by atoms with Crippen molar-refractivity contribution < 1.29 is 0 Å². The fourth-order valence-electron chi connectivity index (χ4n) is 2.12. The quantitative estimate of drug-likeness (QED) is 0.690. The van der Waals surface area contributed by atoms with Crippen LogP contribution in [0.1, 0.15) is 40.0 Å². The van der Waals surface area contributed by atoms with Gasteiger partial charge in [-0.3, -0.25) is 4.90 Å². The van der Waals surface area contributed by atoms with Crippen molar-refractivity contribution in [3.8, 4) is 0 Å². The first-order valence-electron chi connectivity index (χ1n) is 5.75. The first-order chi connectivity index (χ1) is 6.42. The van der Waals surface area contributed by atoms with Crippen molar-refractivity contribution in [3.63, 3.8) is 0 Å². The van der Waals surface area contributed by atoms with Gasteiger partial charge >= 0.3 is 0 Å². The van der Waals surface area contributed by atoms with E-state index in [2.05, 4.69) is 23.6 Å². The third-order valence-electron chi connectivity index (χ3n) is 2.87. The molecule has 0 aromatic carbocycles. The summed E-state index contributed by atoms with van der Waals surface area (Å²) < 4.78 is 0. The van der Waals surface area contributed by atoms with Crippen LogP contribution >= 0.6 is 11.8 Å². The molecule has 3 fully saturated rings. The standard InChI is InChI=1S/C9H17NS.C2H6/c1-2-3-4-10-8-5-9(10)7-11-6-8;1-2/h8-9H,2-7H2,1H3;1-2H3. The molecule has 0 saturated carbocycles. The molecule has 2 heteroatoms. The Kier molecular flexibility index (Phi) is 5.18.